The minimum atomic E-state index is 0.389. The Morgan fingerprint density at radius 1 is 1.29 bits per heavy atom. The zero-order valence-electron chi connectivity index (χ0n) is 10.7. The van der Waals surface area contributed by atoms with E-state index in [-0.39, 0.29) is 0 Å². The molecule has 0 aromatic rings. The third-order valence-corrected chi connectivity index (χ3v) is 4.09. The summed E-state index contributed by atoms with van der Waals surface area (Å²) in [5.74, 6) is 0. The summed E-state index contributed by atoms with van der Waals surface area (Å²) in [5, 5.41) is 0. The second-order valence-electron chi connectivity index (χ2n) is 5.48. The van der Waals surface area contributed by atoms with Gasteiger partial charge >= 0.3 is 0 Å². The number of rotatable bonds is 5. The quantitative estimate of drug-likeness (QED) is 0.764. The molecule has 2 rings (SSSR count). The van der Waals surface area contributed by atoms with E-state index in [1.807, 2.05) is 0 Å². The summed E-state index contributed by atoms with van der Waals surface area (Å²) in [6.45, 7) is 3.92. The Kier molecular flexibility index (Phi) is 4.77. The highest BCUT2D eigenvalue weighted by molar-refractivity contribution is 7.80. The lowest BCUT2D eigenvalue weighted by Crippen LogP contribution is -2.43. The van der Waals surface area contributed by atoms with E-state index < -0.39 is 0 Å². The molecule has 98 valence electrons. The van der Waals surface area contributed by atoms with E-state index in [2.05, 4.69) is 11.8 Å². The maximum Gasteiger partial charge on any atom is 0.0870 e. The van der Waals surface area contributed by atoms with Gasteiger partial charge in [-0.2, -0.15) is 0 Å². The Balaban J connectivity index is 1.87. The molecule has 2 N–H and O–H groups in total. The van der Waals surface area contributed by atoms with Crippen LogP contribution in [0, 0.1) is 0 Å². The number of thiocarbonyl (C=S) groups is 1. The normalized spacial score (nSPS) is 30.2. The maximum atomic E-state index is 5.91. The van der Waals surface area contributed by atoms with Crippen molar-refractivity contribution >= 4 is 17.2 Å². The van der Waals surface area contributed by atoms with Crippen molar-refractivity contribution in [2.45, 2.75) is 63.7 Å². The molecule has 1 saturated heterocycles. The summed E-state index contributed by atoms with van der Waals surface area (Å²) in [6, 6.07) is 0.677. The lowest BCUT2D eigenvalue weighted by molar-refractivity contribution is 0.0261. The van der Waals surface area contributed by atoms with Gasteiger partial charge in [-0.25, -0.2) is 0 Å². The average Bonchev–Trinajstić information content (AvgIpc) is 2.87. The zero-order chi connectivity index (χ0) is 12.3. The Labute approximate surface area is 110 Å². The van der Waals surface area contributed by atoms with Gasteiger partial charge in [-0.3, -0.25) is 4.90 Å². The molecule has 2 fully saturated rings. The first-order valence-electron chi connectivity index (χ1n) is 6.83. The van der Waals surface area contributed by atoms with Gasteiger partial charge in [-0.1, -0.05) is 25.1 Å². The Morgan fingerprint density at radius 3 is 2.53 bits per heavy atom. The Bertz CT molecular complexity index is 266. The fraction of sp³-hybridized carbons (Fsp3) is 0.923. The first-order chi connectivity index (χ1) is 8.15. The summed E-state index contributed by atoms with van der Waals surface area (Å²) >= 11 is 5.07. The molecule has 2 unspecified atom stereocenters. The van der Waals surface area contributed by atoms with E-state index in [1.165, 1.54) is 38.5 Å². The van der Waals surface area contributed by atoms with Crippen LogP contribution in [-0.2, 0) is 4.74 Å². The molecule has 0 bridgehead atoms. The summed E-state index contributed by atoms with van der Waals surface area (Å²) in [4.78, 5) is 3.07. The van der Waals surface area contributed by atoms with Crippen molar-refractivity contribution in [3.05, 3.63) is 0 Å². The second kappa shape index (κ2) is 6.12. The molecule has 1 heterocycles. The third-order valence-electron chi connectivity index (χ3n) is 3.96. The summed E-state index contributed by atoms with van der Waals surface area (Å²) in [5.41, 5.74) is 5.71. The van der Waals surface area contributed by atoms with Crippen molar-refractivity contribution in [3.8, 4) is 0 Å². The van der Waals surface area contributed by atoms with Crippen LogP contribution in [0.5, 0.6) is 0 Å². The van der Waals surface area contributed by atoms with Gasteiger partial charge in [-0.15, -0.1) is 0 Å². The Morgan fingerprint density at radius 2 is 2.00 bits per heavy atom. The molecule has 1 aliphatic heterocycles. The highest BCUT2D eigenvalue weighted by Gasteiger charge is 2.29. The van der Waals surface area contributed by atoms with Crippen LogP contribution in [0.2, 0.25) is 0 Å². The van der Waals surface area contributed by atoms with E-state index in [4.69, 9.17) is 22.7 Å². The SMILES string of the molecule is CC1CCC(CN(CC(N)=S)C2CCCC2)O1. The topological polar surface area (TPSA) is 38.5 Å². The van der Waals surface area contributed by atoms with Gasteiger partial charge in [-0.05, 0) is 32.6 Å². The first kappa shape index (κ1) is 13.2. The summed E-state index contributed by atoms with van der Waals surface area (Å²) in [7, 11) is 0. The average molecular weight is 256 g/mol. The standard InChI is InChI=1S/C13H24N2OS/c1-10-6-7-12(16-10)8-15(9-13(14)17)11-4-2-3-5-11/h10-12H,2-9H2,1H3,(H2,14,17). The molecule has 3 nitrogen and oxygen atoms in total. The molecule has 17 heavy (non-hydrogen) atoms. The van der Waals surface area contributed by atoms with Crippen molar-refractivity contribution in [1.82, 2.24) is 4.90 Å². The smallest absolute Gasteiger partial charge is 0.0870 e. The molecular weight excluding hydrogens is 232 g/mol. The van der Waals surface area contributed by atoms with Crippen molar-refractivity contribution < 1.29 is 4.74 Å². The Hall–Kier alpha value is -0.190. The van der Waals surface area contributed by atoms with Gasteiger partial charge in [0.25, 0.3) is 0 Å². The summed E-state index contributed by atoms with van der Waals surface area (Å²) in [6.07, 6.45) is 8.48. The molecule has 0 radical (unpaired) electrons. The first-order valence-corrected chi connectivity index (χ1v) is 7.24. The van der Waals surface area contributed by atoms with Crippen LogP contribution in [-0.4, -0.2) is 41.2 Å². The molecular formula is C13H24N2OS. The number of hydrogen-bond donors (Lipinski definition) is 1. The van der Waals surface area contributed by atoms with Crippen LogP contribution in [0.4, 0.5) is 0 Å². The molecule has 1 aliphatic carbocycles. The molecule has 2 atom stereocenters. The minimum Gasteiger partial charge on any atom is -0.392 e. The van der Waals surface area contributed by atoms with Crippen LogP contribution < -0.4 is 5.73 Å². The van der Waals surface area contributed by atoms with Crippen molar-refractivity contribution in [2.75, 3.05) is 13.1 Å². The monoisotopic (exact) mass is 256 g/mol. The van der Waals surface area contributed by atoms with Crippen molar-refractivity contribution in [2.24, 2.45) is 5.73 Å². The lowest BCUT2D eigenvalue weighted by Gasteiger charge is -2.30. The highest BCUT2D eigenvalue weighted by atomic mass is 32.1. The molecule has 1 saturated carbocycles. The van der Waals surface area contributed by atoms with Crippen LogP contribution in [0.1, 0.15) is 45.4 Å². The molecule has 0 aromatic carbocycles. The zero-order valence-corrected chi connectivity index (χ0v) is 11.5. The fourth-order valence-corrected chi connectivity index (χ4v) is 3.26. The van der Waals surface area contributed by atoms with E-state index in [0.717, 1.165) is 13.1 Å². The number of hydrogen-bond acceptors (Lipinski definition) is 3. The van der Waals surface area contributed by atoms with Crippen LogP contribution in [0.25, 0.3) is 0 Å². The molecule has 0 spiro atoms. The van der Waals surface area contributed by atoms with Crippen molar-refractivity contribution in [3.63, 3.8) is 0 Å². The predicted molar refractivity (Wildman–Crippen MR) is 74.2 cm³/mol. The van der Waals surface area contributed by atoms with Crippen LogP contribution in [0.15, 0.2) is 0 Å². The highest BCUT2D eigenvalue weighted by Crippen LogP contribution is 2.26. The number of nitrogens with two attached hydrogens (primary N) is 1. The van der Waals surface area contributed by atoms with Gasteiger partial charge in [0.1, 0.15) is 0 Å². The molecule has 2 aliphatic rings. The van der Waals surface area contributed by atoms with E-state index in [9.17, 15) is 0 Å². The molecule has 0 aromatic heterocycles. The van der Waals surface area contributed by atoms with E-state index in [0.29, 0.717) is 23.2 Å². The number of ether oxygens (including phenoxy) is 1. The summed E-state index contributed by atoms with van der Waals surface area (Å²) < 4.78 is 5.91. The minimum absolute atomic E-state index is 0.389. The van der Waals surface area contributed by atoms with Crippen molar-refractivity contribution in [1.29, 1.82) is 0 Å². The van der Waals surface area contributed by atoms with Gasteiger partial charge in [0, 0.05) is 19.1 Å². The number of nitrogens with zero attached hydrogens (tertiary/aromatic N) is 1. The lowest BCUT2D eigenvalue weighted by atomic mass is 10.1. The van der Waals surface area contributed by atoms with Crippen LogP contribution in [0.3, 0.4) is 0 Å². The van der Waals surface area contributed by atoms with E-state index in [1.54, 1.807) is 0 Å². The van der Waals surface area contributed by atoms with Gasteiger partial charge in [0.05, 0.1) is 17.2 Å². The van der Waals surface area contributed by atoms with E-state index >= 15 is 0 Å². The van der Waals surface area contributed by atoms with Gasteiger partial charge < -0.3 is 10.5 Å². The largest absolute Gasteiger partial charge is 0.392 e. The third kappa shape index (κ3) is 3.90. The molecule has 4 heteroatoms. The maximum absolute atomic E-state index is 5.91. The van der Waals surface area contributed by atoms with Crippen LogP contribution >= 0.6 is 12.2 Å². The van der Waals surface area contributed by atoms with Gasteiger partial charge in [0.15, 0.2) is 0 Å². The molecule has 0 amide bonds. The fourth-order valence-electron chi connectivity index (χ4n) is 3.09. The second-order valence-corrected chi connectivity index (χ2v) is 6.00. The van der Waals surface area contributed by atoms with Gasteiger partial charge in [0.2, 0.25) is 0 Å². The predicted octanol–water partition coefficient (Wildman–Crippen LogP) is 2.08.